The number of fused-ring (bicyclic) bond motifs is 1. The Hall–Kier alpha value is -3.52. The summed E-state index contributed by atoms with van der Waals surface area (Å²) in [4.78, 5) is 15.7. The summed E-state index contributed by atoms with van der Waals surface area (Å²) in [6, 6.07) is 14.1. The van der Waals surface area contributed by atoms with Gasteiger partial charge in [0.15, 0.2) is 5.65 Å². The Morgan fingerprint density at radius 3 is 2.62 bits per heavy atom. The predicted octanol–water partition coefficient (Wildman–Crippen LogP) is 2.63. The molecule has 0 unspecified atom stereocenters. The van der Waals surface area contributed by atoms with Gasteiger partial charge in [0.2, 0.25) is 0 Å². The van der Waals surface area contributed by atoms with Gasteiger partial charge in [-0.1, -0.05) is 24.3 Å². The number of pyridine rings is 1. The maximum Gasteiger partial charge on any atom is 0.320 e. The highest BCUT2D eigenvalue weighted by Gasteiger charge is 2.21. The fraction of sp³-hybridized carbons (Fsp3) is 0.238. The van der Waals surface area contributed by atoms with Gasteiger partial charge in [0.25, 0.3) is 0 Å². The summed E-state index contributed by atoms with van der Waals surface area (Å²) < 4.78 is 13.2. The van der Waals surface area contributed by atoms with E-state index >= 15 is 0 Å². The van der Waals surface area contributed by atoms with Crippen LogP contribution in [0.25, 0.3) is 16.7 Å². The molecule has 0 aliphatic carbocycles. The van der Waals surface area contributed by atoms with Crippen molar-refractivity contribution in [2.45, 2.75) is 6.61 Å². The Bertz CT molecular complexity index is 1090. The van der Waals surface area contributed by atoms with Crippen molar-refractivity contribution in [1.82, 2.24) is 24.7 Å². The molecule has 4 heterocycles. The Morgan fingerprint density at radius 1 is 0.966 bits per heavy atom. The molecule has 1 fully saturated rings. The molecule has 0 amide bonds. The maximum atomic E-state index is 5.93. The first kappa shape index (κ1) is 17.6. The van der Waals surface area contributed by atoms with E-state index in [4.69, 9.17) is 14.5 Å². The molecule has 0 bridgehead atoms. The van der Waals surface area contributed by atoms with Gasteiger partial charge < -0.3 is 14.4 Å². The van der Waals surface area contributed by atoms with Crippen LogP contribution in [-0.2, 0) is 11.3 Å². The van der Waals surface area contributed by atoms with Crippen molar-refractivity contribution in [3.63, 3.8) is 0 Å². The summed E-state index contributed by atoms with van der Waals surface area (Å²) >= 11 is 0. The molecule has 0 saturated carbocycles. The van der Waals surface area contributed by atoms with Crippen LogP contribution < -0.4 is 9.64 Å². The van der Waals surface area contributed by atoms with Crippen LogP contribution in [0, 0.1) is 0 Å². The van der Waals surface area contributed by atoms with Crippen LogP contribution in [0.2, 0.25) is 0 Å². The summed E-state index contributed by atoms with van der Waals surface area (Å²) in [5, 5.41) is 5.46. The van der Waals surface area contributed by atoms with E-state index in [0.717, 1.165) is 35.5 Å². The fourth-order valence-corrected chi connectivity index (χ4v) is 3.34. The van der Waals surface area contributed by atoms with Crippen LogP contribution in [-0.4, -0.2) is 51.0 Å². The lowest BCUT2D eigenvalue weighted by Gasteiger charge is -2.28. The largest absolute Gasteiger partial charge is 0.458 e. The number of hydrogen-bond acceptors (Lipinski definition) is 7. The van der Waals surface area contributed by atoms with Gasteiger partial charge in [0.05, 0.1) is 30.5 Å². The zero-order chi connectivity index (χ0) is 19.5. The highest BCUT2D eigenvalue weighted by molar-refractivity contribution is 5.88. The number of benzene rings is 1. The molecule has 5 rings (SSSR count). The molecule has 1 aromatic carbocycles. The van der Waals surface area contributed by atoms with Gasteiger partial charge in [0.1, 0.15) is 12.4 Å². The molecule has 0 spiro atoms. The van der Waals surface area contributed by atoms with Crippen molar-refractivity contribution in [2.24, 2.45) is 0 Å². The van der Waals surface area contributed by atoms with Crippen LogP contribution >= 0.6 is 0 Å². The van der Waals surface area contributed by atoms with Gasteiger partial charge in [-0.25, -0.2) is 4.68 Å². The Labute approximate surface area is 167 Å². The van der Waals surface area contributed by atoms with E-state index in [1.807, 2.05) is 53.3 Å². The first-order valence-electron chi connectivity index (χ1n) is 9.54. The average molecular weight is 388 g/mol. The number of aromatic nitrogens is 5. The minimum absolute atomic E-state index is 0.320. The molecule has 0 radical (unpaired) electrons. The number of anilines is 1. The molecule has 0 N–H and O–H groups in total. The maximum absolute atomic E-state index is 5.93. The second-order valence-corrected chi connectivity index (χ2v) is 6.71. The van der Waals surface area contributed by atoms with Crippen LogP contribution in [0.3, 0.4) is 0 Å². The van der Waals surface area contributed by atoms with Crippen molar-refractivity contribution in [1.29, 1.82) is 0 Å². The zero-order valence-corrected chi connectivity index (χ0v) is 15.8. The molecule has 146 valence electrons. The predicted molar refractivity (Wildman–Crippen MR) is 108 cm³/mol. The van der Waals surface area contributed by atoms with Crippen LogP contribution in [0.15, 0.2) is 61.1 Å². The summed E-state index contributed by atoms with van der Waals surface area (Å²) in [7, 11) is 0. The monoisotopic (exact) mass is 388 g/mol. The van der Waals surface area contributed by atoms with E-state index in [1.54, 1.807) is 12.4 Å². The third-order valence-electron chi connectivity index (χ3n) is 4.79. The standard InChI is InChI=1S/C21H20N6O2/c1-2-6-17(7-3-1)27-20-18(14-23-27)19(26-9-11-28-12-10-26)24-21(25-20)29-15-16-5-4-8-22-13-16/h1-8,13-14H,9-12,15H2. The van der Waals surface area contributed by atoms with Gasteiger partial charge >= 0.3 is 6.01 Å². The fourth-order valence-electron chi connectivity index (χ4n) is 3.34. The Balaban J connectivity index is 1.57. The zero-order valence-electron chi connectivity index (χ0n) is 15.8. The van der Waals surface area contributed by atoms with Crippen molar-refractivity contribution >= 4 is 16.9 Å². The van der Waals surface area contributed by atoms with Gasteiger partial charge in [-0.15, -0.1) is 0 Å². The lowest BCUT2D eigenvalue weighted by Crippen LogP contribution is -2.37. The van der Waals surface area contributed by atoms with Crippen molar-refractivity contribution < 1.29 is 9.47 Å². The Morgan fingerprint density at radius 2 is 1.83 bits per heavy atom. The van der Waals surface area contributed by atoms with Crippen LogP contribution in [0.1, 0.15) is 5.56 Å². The smallest absolute Gasteiger partial charge is 0.320 e. The molecular weight excluding hydrogens is 368 g/mol. The average Bonchev–Trinajstić information content (AvgIpc) is 3.23. The molecule has 8 nitrogen and oxygen atoms in total. The topological polar surface area (TPSA) is 78.2 Å². The quantitative estimate of drug-likeness (QED) is 0.520. The number of morpholine rings is 1. The van der Waals surface area contributed by atoms with Crippen molar-refractivity contribution in [3.8, 4) is 11.7 Å². The van der Waals surface area contributed by atoms with E-state index in [9.17, 15) is 0 Å². The number of ether oxygens (including phenoxy) is 2. The van der Waals surface area contributed by atoms with E-state index in [-0.39, 0.29) is 0 Å². The number of rotatable bonds is 5. The number of hydrogen-bond donors (Lipinski definition) is 0. The molecule has 1 saturated heterocycles. The molecule has 1 aliphatic heterocycles. The van der Waals surface area contributed by atoms with Gasteiger partial charge in [-0.2, -0.15) is 15.1 Å². The van der Waals surface area contributed by atoms with E-state index in [1.165, 1.54) is 0 Å². The van der Waals surface area contributed by atoms with E-state index in [0.29, 0.717) is 31.5 Å². The summed E-state index contributed by atoms with van der Waals surface area (Å²) in [5.41, 5.74) is 2.61. The van der Waals surface area contributed by atoms with Crippen LogP contribution in [0.4, 0.5) is 5.82 Å². The number of nitrogens with zero attached hydrogens (tertiary/aromatic N) is 6. The Kier molecular flexibility index (Phi) is 4.75. The first-order chi connectivity index (χ1) is 14.4. The highest BCUT2D eigenvalue weighted by Crippen LogP contribution is 2.28. The van der Waals surface area contributed by atoms with Gasteiger partial charge in [-0.05, 0) is 18.2 Å². The lowest BCUT2D eigenvalue weighted by molar-refractivity contribution is 0.122. The van der Waals surface area contributed by atoms with Gasteiger partial charge in [0, 0.05) is 31.0 Å². The summed E-state index contributed by atoms with van der Waals surface area (Å²) in [5.74, 6) is 0.821. The molecular formula is C21H20N6O2. The molecule has 29 heavy (non-hydrogen) atoms. The minimum Gasteiger partial charge on any atom is -0.458 e. The minimum atomic E-state index is 0.320. The van der Waals surface area contributed by atoms with Gasteiger partial charge in [-0.3, -0.25) is 4.98 Å². The highest BCUT2D eigenvalue weighted by atomic mass is 16.5. The molecule has 4 aromatic rings. The van der Waals surface area contributed by atoms with E-state index in [2.05, 4.69) is 20.0 Å². The van der Waals surface area contributed by atoms with Crippen LogP contribution in [0.5, 0.6) is 6.01 Å². The van der Waals surface area contributed by atoms with E-state index < -0.39 is 0 Å². The lowest BCUT2D eigenvalue weighted by atomic mass is 10.3. The normalized spacial score (nSPS) is 14.3. The molecule has 1 aliphatic rings. The third-order valence-corrected chi connectivity index (χ3v) is 4.79. The third kappa shape index (κ3) is 3.62. The summed E-state index contributed by atoms with van der Waals surface area (Å²) in [6.07, 6.45) is 5.33. The molecule has 0 atom stereocenters. The second-order valence-electron chi connectivity index (χ2n) is 6.71. The molecule has 3 aromatic heterocycles. The summed E-state index contributed by atoms with van der Waals surface area (Å²) in [6.45, 7) is 3.23. The van der Waals surface area contributed by atoms with Crippen molar-refractivity contribution in [3.05, 3.63) is 66.6 Å². The SMILES string of the molecule is c1ccc(-n2ncc3c(N4CCOCC4)nc(OCc4cccnc4)nc32)cc1. The first-order valence-corrected chi connectivity index (χ1v) is 9.54. The molecule has 8 heteroatoms. The second kappa shape index (κ2) is 7.84. The van der Waals surface area contributed by atoms with Crippen molar-refractivity contribution in [2.75, 3.05) is 31.2 Å². The number of para-hydroxylation sites is 1.